The molecular formula is C13H18N2O2. The first kappa shape index (κ1) is 12.1. The molecule has 1 aromatic rings. The predicted octanol–water partition coefficient (Wildman–Crippen LogP) is 0.936. The predicted molar refractivity (Wildman–Crippen MR) is 65.5 cm³/mol. The molecule has 1 unspecified atom stereocenters. The minimum Gasteiger partial charge on any atom is -0.375 e. The molecule has 1 atom stereocenters. The molecule has 17 heavy (non-hydrogen) atoms. The maximum atomic E-state index is 11.5. The first-order valence-electron chi connectivity index (χ1n) is 5.77. The molecule has 0 fully saturated rings. The summed E-state index contributed by atoms with van der Waals surface area (Å²) in [6, 6.07) is 8.30. The lowest BCUT2D eigenvalue weighted by atomic mass is 9.99. The minimum absolute atomic E-state index is 0.0769. The molecule has 0 saturated heterocycles. The number of amides is 1. The van der Waals surface area contributed by atoms with E-state index in [0.717, 1.165) is 0 Å². The van der Waals surface area contributed by atoms with Crippen molar-refractivity contribution in [1.29, 1.82) is 0 Å². The van der Waals surface area contributed by atoms with Gasteiger partial charge in [0.15, 0.2) is 0 Å². The summed E-state index contributed by atoms with van der Waals surface area (Å²) in [7, 11) is 3.52. The van der Waals surface area contributed by atoms with Crippen molar-refractivity contribution in [3.63, 3.8) is 0 Å². The Morgan fingerprint density at radius 2 is 2.24 bits per heavy atom. The van der Waals surface area contributed by atoms with E-state index in [9.17, 15) is 4.79 Å². The van der Waals surface area contributed by atoms with Gasteiger partial charge >= 0.3 is 0 Å². The SMILES string of the molecule is CN(C)C(=O)CNC1COCc2ccccc21. The molecule has 0 aliphatic carbocycles. The van der Waals surface area contributed by atoms with Gasteiger partial charge in [-0.3, -0.25) is 10.1 Å². The summed E-state index contributed by atoms with van der Waals surface area (Å²) in [5.41, 5.74) is 2.44. The van der Waals surface area contributed by atoms with Crippen molar-refractivity contribution in [2.75, 3.05) is 27.2 Å². The highest BCUT2D eigenvalue weighted by Crippen LogP contribution is 2.23. The molecule has 0 spiro atoms. The second-order valence-corrected chi connectivity index (χ2v) is 4.44. The number of hydrogen-bond donors (Lipinski definition) is 1. The topological polar surface area (TPSA) is 41.6 Å². The second-order valence-electron chi connectivity index (χ2n) is 4.44. The fourth-order valence-corrected chi connectivity index (χ4v) is 1.92. The van der Waals surface area contributed by atoms with Gasteiger partial charge in [0.1, 0.15) is 0 Å². The summed E-state index contributed by atoms with van der Waals surface area (Å²) >= 11 is 0. The molecule has 0 bridgehead atoms. The zero-order chi connectivity index (χ0) is 12.3. The Balaban J connectivity index is 2.01. The number of nitrogens with zero attached hydrogens (tertiary/aromatic N) is 1. The lowest BCUT2D eigenvalue weighted by Crippen LogP contribution is -2.37. The fourth-order valence-electron chi connectivity index (χ4n) is 1.92. The summed E-state index contributed by atoms with van der Waals surface area (Å²) < 4.78 is 5.51. The van der Waals surface area contributed by atoms with Crippen molar-refractivity contribution in [2.24, 2.45) is 0 Å². The van der Waals surface area contributed by atoms with Gasteiger partial charge in [0.25, 0.3) is 0 Å². The molecule has 1 amide bonds. The van der Waals surface area contributed by atoms with Crippen LogP contribution in [0.1, 0.15) is 17.2 Å². The molecule has 1 N–H and O–H groups in total. The molecule has 4 nitrogen and oxygen atoms in total. The van der Waals surface area contributed by atoms with Crippen LogP contribution in [-0.4, -0.2) is 38.1 Å². The molecule has 0 radical (unpaired) electrons. The Bertz CT molecular complexity index is 404. The normalized spacial score (nSPS) is 18.6. The Morgan fingerprint density at radius 3 is 3.00 bits per heavy atom. The molecule has 1 heterocycles. The van der Waals surface area contributed by atoms with Crippen LogP contribution in [0.5, 0.6) is 0 Å². The number of ether oxygens (including phenoxy) is 1. The van der Waals surface area contributed by atoms with Crippen molar-refractivity contribution < 1.29 is 9.53 Å². The average Bonchev–Trinajstić information content (AvgIpc) is 2.35. The first-order chi connectivity index (χ1) is 8.18. The molecule has 1 aliphatic rings. The van der Waals surface area contributed by atoms with Crippen LogP contribution in [0.25, 0.3) is 0 Å². The summed E-state index contributed by atoms with van der Waals surface area (Å²) in [4.78, 5) is 13.1. The Labute approximate surface area is 102 Å². The van der Waals surface area contributed by atoms with Gasteiger partial charge in [-0.2, -0.15) is 0 Å². The van der Waals surface area contributed by atoms with Gasteiger partial charge in [-0.05, 0) is 11.1 Å². The van der Waals surface area contributed by atoms with Crippen LogP contribution in [-0.2, 0) is 16.1 Å². The Kier molecular flexibility index (Phi) is 3.76. The first-order valence-corrected chi connectivity index (χ1v) is 5.77. The highest BCUT2D eigenvalue weighted by atomic mass is 16.5. The number of hydrogen-bond acceptors (Lipinski definition) is 3. The van der Waals surface area contributed by atoms with Crippen molar-refractivity contribution in [1.82, 2.24) is 10.2 Å². The van der Waals surface area contributed by atoms with Crippen LogP contribution < -0.4 is 5.32 Å². The summed E-state index contributed by atoms with van der Waals surface area (Å²) in [5.74, 6) is 0.0769. The largest absolute Gasteiger partial charge is 0.375 e. The van der Waals surface area contributed by atoms with E-state index in [1.165, 1.54) is 11.1 Å². The standard InChI is InChI=1S/C13H18N2O2/c1-15(2)13(16)7-14-12-9-17-8-10-5-3-4-6-11(10)12/h3-6,12,14H,7-9H2,1-2H3. The van der Waals surface area contributed by atoms with E-state index in [2.05, 4.69) is 17.4 Å². The molecule has 2 rings (SSSR count). The number of likely N-dealkylation sites (N-methyl/N-ethyl adjacent to an activating group) is 1. The van der Waals surface area contributed by atoms with Gasteiger partial charge in [0.05, 0.1) is 25.8 Å². The van der Waals surface area contributed by atoms with E-state index in [0.29, 0.717) is 19.8 Å². The number of benzene rings is 1. The zero-order valence-electron chi connectivity index (χ0n) is 10.3. The van der Waals surface area contributed by atoms with Gasteiger partial charge < -0.3 is 9.64 Å². The summed E-state index contributed by atoms with van der Waals surface area (Å²) in [6.07, 6.45) is 0. The van der Waals surface area contributed by atoms with Gasteiger partial charge in [0, 0.05) is 14.1 Å². The summed E-state index contributed by atoms with van der Waals surface area (Å²) in [5, 5.41) is 3.24. The molecule has 1 aromatic carbocycles. The van der Waals surface area contributed by atoms with Crippen LogP contribution in [0, 0.1) is 0 Å². The number of nitrogens with one attached hydrogen (secondary N) is 1. The van der Waals surface area contributed by atoms with Crippen LogP contribution in [0.2, 0.25) is 0 Å². The van der Waals surface area contributed by atoms with Crippen LogP contribution in [0.3, 0.4) is 0 Å². The quantitative estimate of drug-likeness (QED) is 0.846. The molecule has 0 saturated carbocycles. The van der Waals surface area contributed by atoms with Gasteiger partial charge in [0.2, 0.25) is 5.91 Å². The highest BCUT2D eigenvalue weighted by molar-refractivity contribution is 5.77. The lowest BCUT2D eigenvalue weighted by Gasteiger charge is -2.26. The van der Waals surface area contributed by atoms with E-state index >= 15 is 0 Å². The highest BCUT2D eigenvalue weighted by Gasteiger charge is 2.20. The van der Waals surface area contributed by atoms with Crippen LogP contribution in [0.4, 0.5) is 0 Å². The van der Waals surface area contributed by atoms with Crippen LogP contribution >= 0.6 is 0 Å². The molecule has 4 heteroatoms. The average molecular weight is 234 g/mol. The maximum absolute atomic E-state index is 11.5. The van der Waals surface area contributed by atoms with E-state index in [-0.39, 0.29) is 11.9 Å². The van der Waals surface area contributed by atoms with E-state index < -0.39 is 0 Å². The summed E-state index contributed by atoms with van der Waals surface area (Å²) in [6.45, 7) is 1.63. The molecule has 92 valence electrons. The number of carbonyl (C=O) groups is 1. The number of fused-ring (bicyclic) bond motifs is 1. The van der Waals surface area contributed by atoms with Crippen molar-refractivity contribution in [3.8, 4) is 0 Å². The second kappa shape index (κ2) is 5.29. The number of carbonyl (C=O) groups excluding carboxylic acids is 1. The zero-order valence-corrected chi connectivity index (χ0v) is 10.3. The fraction of sp³-hybridized carbons (Fsp3) is 0.462. The van der Waals surface area contributed by atoms with Crippen molar-refractivity contribution in [2.45, 2.75) is 12.6 Å². The third-order valence-electron chi connectivity index (χ3n) is 2.97. The van der Waals surface area contributed by atoms with Crippen molar-refractivity contribution in [3.05, 3.63) is 35.4 Å². The van der Waals surface area contributed by atoms with Crippen molar-refractivity contribution >= 4 is 5.91 Å². The monoisotopic (exact) mass is 234 g/mol. The molecule has 1 aliphatic heterocycles. The van der Waals surface area contributed by atoms with Crippen LogP contribution in [0.15, 0.2) is 24.3 Å². The third-order valence-corrected chi connectivity index (χ3v) is 2.97. The van der Waals surface area contributed by atoms with E-state index in [1.54, 1.807) is 19.0 Å². The molecular weight excluding hydrogens is 216 g/mol. The maximum Gasteiger partial charge on any atom is 0.236 e. The number of rotatable bonds is 3. The van der Waals surface area contributed by atoms with Gasteiger partial charge in [-0.1, -0.05) is 24.3 Å². The van der Waals surface area contributed by atoms with E-state index in [4.69, 9.17) is 4.74 Å². The molecule has 0 aromatic heterocycles. The third kappa shape index (κ3) is 2.84. The smallest absolute Gasteiger partial charge is 0.236 e. The lowest BCUT2D eigenvalue weighted by molar-refractivity contribution is -0.128. The van der Waals surface area contributed by atoms with Gasteiger partial charge in [-0.15, -0.1) is 0 Å². The Hall–Kier alpha value is -1.39. The minimum atomic E-state index is 0.0769. The van der Waals surface area contributed by atoms with E-state index in [1.807, 2.05) is 12.1 Å². The Morgan fingerprint density at radius 1 is 1.47 bits per heavy atom. The van der Waals surface area contributed by atoms with Gasteiger partial charge in [-0.25, -0.2) is 0 Å².